The first-order chi connectivity index (χ1) is 27.8. The fraction of sp³-hybridized carbons (Fsp3) is 0.478. The van der Waals surface area contributed by atoms with Crippen molar-refractivity contribution in [1.29, 1.82) is 0 Å². The van der Waals surface area contributed by atoms with Crippen molar-refractivity contribution in [2.45, 2.75) is 91.8 Å². The van der Waals surface area contributed by atoms with E-state index in [1.165, 1.54) is 14.2 Å². The van der Waals surface area contributed by atoms with Gasteiger partial charge in [-0.15, -0.1) is 0 Å². The molecule has 58 heavy (non-hydrogen) atoms. The molecule has 2 aliphatic heterocycles. The molecule has 2 fully saturated rings. The number of esters is 2. The van der Waals surface area contributed by atoms with E-state index in [4.69, 9.17) is 19.4 Å². The second-order valence-electron chi connectivity index (χ2n) is 17.1. The van der Waals surface area contributed by atoms with Gasteiger partial charge in [0.1, 0.15) is 11.6 Å². The van der Waals surface area contributed by atoms with Crippen LogP contribution in [0.3, 0.4) is 0 Å². The lowest BCUT2D eigenvalue weighted by molar-refractivity contribution is -0.149. The lowest BCUT2D eigenvalue weighted by Gasteiger charge is -2.32. The molecule has 2 aromatic heterocycles. The molecule has 3 aromatic carbocycles. The summed E-state index contributed by atoms with van der Waals surface area (Å²) in [6, 6.07) is 20.5. The summed E-state index contributed by atoms with van der Waals surface area (Å²) in [7, 11) is 2.72. The van der Waals surface area contributed by atoms with E-state index in [0.29, 0.717) is 12.5 Å². The maximum atomic E-state index is 13.9. The van der Waals surface area contributed by atoms with Crippen molar-refractivity contribution in [3.63, 3.8) is 0 Å². The summed E-state index contributed by atoms with van der Waals surface area (Å²) in [6.45, 7) is 12.7. The minimum Gasteiger partial charge on any atom is -0.469 e. The molecule has 0 spiro atoms. The van der Waals surface area contributed by atoms with E-state index in [-0.39, 0.29) is 66.6 Å². The molecule has 2 aliphatic rings. The van der Waals surface area contributed by atoms with Crippen molar-refractivity contribution in [2.75, 3.05) is 20.8 Å². The third-order valence-electron chi connectivity index (χ3n) is 12.4. The Hall–Kier alpha value is -5.52. The summed E-state index contributed by atoms with van der Waals surface area (Å²) in [4.78, 5) is 72.9. The van der Waals surface area contributed by atoms with Gasteiger partial charge in [-0.05, 0) is 90.5 Å². The third kappa shape index (κ3) is 8.11. The highest BCUT2D eigenvalue weighted by atomic mass is 16.5. The number of ether oxygens (including phenoxy) is 2. The monoisotopic (exact) mass is 788 g/mol. The predicted molar refractivity (Wildman–Crippen MR) is 223 cm³/mol. The van der Waals surface area contributed by atoms with Gasteiger partial charge < -0.3 is 29.2 Å². The molecule has 0 bridgehead atoms. The first-order valence-electron chi connectivity index (χ1n) is 20.6. The van der Waals surface area contributed by atoms with Crippen molar-refractivity contribution in [3.05, 3.63) is 72.3 Å². The Labute approximate surface area is 340 Å². The number of amides is 2. The van der Waals surface area contributed by atoms with Gasteiger partial charge in [0.25, 0.3) is 0 Å². The zero-order valence-corrected chi connectivity index (χ0v) is 34.9. The summed E-state index contributed by atoms with van der Waals surface area (Å²) < 4.78 is 9.82. The highest BCUT2D eigenvalue weighted by molar-refractivity contribution is 5.87. The Kier molecular flexibility index (Phi) is 11.7. The van der Waals surface area contributed by atoms with E-state index >= 15 is 0 Å². The van der Waals surface area contributed by atoms with Crippen LogP contribution < -0.4 is 0 Å². The fourth-order valence-electron chi connectivity index (χ4n) is 8.91. The smallest absolute Gasteiger partial charge is 0.306 e. The summed E-state index contributed by atoms with van der Waals surface area (Å²) in [5.74, 6) is 0.0976. The van der Waals surface area contributed by atoms with E-state index in [2.05, 4.69) is 72.3 Å². The summed E-state index contributed by atoms with van der Waals surface area (Å²) in [5, 5.41) is 0. The Morgan fingerprint density at radius 1 is 0.672 bits per heavy atom. The van der Waals surface area contributed by atoms with Crippen molar-refractivity contribution in [1.82, 2.24) is 29.7 Å². The van der Waals surface area contributed by atoms with E-state index in [1.807, 2.05) is 49.6 Å². The average molecular weight is 789 g/mol. The Morgan fingerprint density at radius 3 is 1.62 bits per heavy atom. The second-order valence-corrected chi connectivity index (χ2v) is 17.1. The normalized spacial score (nSPS) is 20.7. The number of fused-ring (bicyclic) bond motifs is 2. The van der Waals surface area contributed by atoms with Gasteiger partial charge in [0.15, 0.2) is 0 Å². The highest BCUT2D eigenvalue weighted by Gasteiger charge is 2.42. The van der Waals surface area contributed by atoms with E-state index in [1.54, 1.807) is 0 Å². The standard InChI is InChI=1S/C46H56N6O6/c1-25(2)33(22-41(53)57-7)45(55)51-24-27(5)19-40(51)44-48-36-17-15-32(21-38(36)50-44)30-12-10-29(11-13-30)31-14-16-35-37(20-31)49-43(47-35)39-18-9-28(6)52(39)46(56)34(26(3)4)23-42(54)58-8/h10-17,20-21,25-28,33-34,39-40H,9,18-19,22-24H2,1-8H3,(H,47,49)(H,48,50)/t27-,28-,33-,34-,39-,40-/m0/s1. The number of hydrogen-bond acceptors (Lipinski definition) is 8. The van der Waals surface area contributed by atoms with Crippen LogP contribution in [0.1, 0.15) is 97.4 Å². The summed E-state index contributed by atoms with van der Waals surface area (Å²) >= 11 is 0. The molecule has 306 valence electrons. The lowest BCUT2D eigenvalue weighted by Crippen LogP contribution is -2.42. The van der Waals surface area contributed by atoms with Crippen LogP contribution in [-0.4, -0.2) is 80.3 Å². The van der Waals surface area contributed by atoms with Gasteiger partial charge in [-0.2, -0.15) is 0 Å². The zero-order valence-electron chi connectivity index (χ0n) is 34.9. The van der Waals surface area contributed by atoms with Crippen LogP contribution in [-0.2, 0) is 28.7 Å². The first-order valence-corrected chi connectivity index (χ1v) is 20.6. The molecule has 2 saturated heterocycles. The van der Waals surface area contributed by atoms with Crippen molar-refractivity contribution in [3.8, 4) is 22.3 Å². The summed E-state index contributed by atoms with van der Waals surface area (Å²) in [6.07, 6.45) is 2.58. The fourth-order valence-corrected chi connectivity index (χ4v) is 8.91. The average Bonchev–Trinajstić information content (AvgIpc) is 4.01. The lowest BCUT2D eigenvalue weighted by atomic mass is 9.90. The second kappa shape index (κ2) is 16.8. The van der Waals surface area contributed by atoms with Gasteiger partial charge >= 0.3 is 11.9 Å². The largest absolute Gasteiger partial charge is 0.469 e. The topological polar surface area (TPSA) is 151 Å². The van der Waals surface area contributed by atoms with E-state index < -0.39 is 11.8 Å². The quantitative estimate of drug-likeness (QED) is 0.120. The Morgan fingerprint density at radius 2 is 1.14 bits per heavy atom. The molecule has 12 heteroatoms. The Bertz CT molecular complexity index is 2210. The number of rotatable bonds is 12. The molecule has 12 nitrogen and oxygen atoms in total. The number of H-pyrrole nitrogens is 2. The minimum atomic E-state index is -0.457. The van der Waals surface area contributed by atoms with Gasteiger partial charge in [0, 0.05) is 12.6 Å². The minimum absolute atomic E-state index is 0.00521. The molecule has 0 saturated carbocycles. The van der Waals surface area contributed by atoms with Crippen LogP contribution in [0.15, 0.2) is 60.7 Å². The number of likely N-dealkylation sites (tertiary alicyclic amines) is 2. The molecule has 2 N–H and O–H groups in total. The number of carbonyl (C=O) groups is 4. The number of benzene rings is 3. The Balaban J connectivity index is 1.08. The number of nitrogens with zero attached hydrogens (tertiary/aromatic N) is 4. The predicted octanol–water partition coefficient (Wildman–Crippen LogP) is 8.41. The number of imidazole rings is 2. The van der Waals surface area contributed by atoms with Crippen LogP contribution in [0.25, 0.3) is 44.3 Å². The van der Waals surface area contributed by atoms with E-state index in [9.17, 15) is 19.2 Å². The molecule has 5 aromatic rings. The molecule has 6 atom stereocenters. The van der Waals surface area contributed by atoms with Crippen molar-refractivity contribution >= 4 is 45.8 Å². The van der Waals surface area contributed by atoms with Gasteiger partial charge in [-0.3, -0.25) is 19.2 Å². The third-order valence-corrected chi connectivity index (χ3v) is 12.4. The molecule has 0 radical (unpaired) electrons. The first kappa shape index (κ1) is 40.7. The maximum absolute atomic E-state index is 13.9. The van der Waals surface area contributed by atoms with Gasteiger partial charge in [-0.1, -0.05) is 71.0 Å². The number of aromatic amines is 2. The van der Waals surface area contributed by atoms with Crippen LogP contribution in [0.5, 0.6) is 0 Å². The molecular weight excluding hydrogens is 733 g/mol. The number of methoxy groups -OCH3 is 2. The number of nitrogens with one attached hydrogen (secondary N) is 2. The van der Waals surface area contributed by atoms with Crippen LogP contribution in [0.4, 0.5) is 0 Å². The van der Waals surface area contributed by atoms with Gasteiger partial charge in [0.05, 0.1) is 73.0 Å². The number of carbonyl (C=O) groups excluding carboxylic acids is 4. The van der Waals surface area contributed by atoms with Crippen LogP contribution in [0, 0.1) is 29.6 Å². The molecule has 2 amide bonds. The van der Waals surface area contributed by atoms with Crippen molar-refractivity contribution < 1.29 is 28.7 Å². The number of aromatic nitrogens is 4. The maximum Gasteiger partial charge on any atom is 0.306 e. The molecular formula is C46H56N6O6. The molecule has 4 heterocycles. The highest BCUT2D eigenvalue weighted by Crippen LogP contribution is 2.40. The van der Waals surface area contributed by atoms with Crippen LogP contribution >= 0.6 is 0 Å². The van der Waals surface area contributed by atoms with Gasteiger partial charge in [-0.25, -0.2) is 9.97 Å². The number of hydrogen-bond donors (Lipinski definition) is 2. The zero-order chi connectivity index (χ0) is 41.4. The van der Waals surface area contributed by atoms with Gasteiger partial charge in [0.2, 0.25) is 11.8 Å². The van der Waals surface area contributed by atoms with Crippen molar-refractivity contribution in [2.24, 2.45) is 29.6 Å². The summed E-state index contributed by atoms with van der Waals surface area (Å²) in [5.41, 5.74) is 7.70. The molecule has 7 rings (SSSR count). The van der Waals surface area contributed by atoms with E-state index in [0.717, 1.165) is 75.2 Å². The SMILES string of the molecule is COC(=O)C[C@H](C(=O)N1C[C@@H](C)C[C@H]1c1nc2ccc(-c3ccc(-c4ccc5nc([C@@H]6CC[C@H](C)N6C(=O)[C@@H](CC(=O)OC)C(C)C)[nH]c5c4)cc3)cc2[nH]1)C(C)C. The van der Waals surface area contributed by atoms with Crippen LogP contribution in [0.2, 0.25) is 0 Å². The molecule has 0 aliphatic carbocycles. The molecule has 0 unspecified atom stereocenters.